The zero-order chi connectivity index (χ0) is 20.4. The maximum atomic E-state index is 12.9. The Morgan fingerprint density at radius 3 is 2.41 bits per heavy atom. The van der Waals surface area contributed by atoms with Gasteiger partial charge in [0.15, 0.2) is 0 Å². The molecule has 1 fully saturated rings. The van der Waals surface area contributed by atoms with Gasteiger partial charge in [0.25, 0.3) is 11.7 Å². The van der Waals surface area contributed by atoms with Crippen LogP contribution in [0.2, 0.25) is 0 Å². The van der Waals surface area contributed by atoms with Gasteiger partial charge in [-0.05, 0) is 41.1 Å². The molecule has 1 unspecified atom stereocenters. The summed E-state index contributed by atoms with van der Waals surface area (Å²) in [6.07, 6.45) is 4.19. The number of aliphatic hydroxyl groups is 1. The van der Waals surface area contributed by atoms with Gasteiger partial charge in [-0.25, -0.2) is 0 Å². The molecule has 1 aliphatic heterocycles. The Labute approximate surface area is 173 Å². The zero-order valence-electron chi connectivity index (χ0n) is 15.9. The molecule has 1 aliphatic rings. The van der Waals surface area contributed by atoms with Gasteiger partial charge in [-0.1, -0.05) is 37.3 Å². The predicted molar refractivity (Wildman–Crippen MR) is 112 cm³/mol. The molecule has 29 heavy (non-hydrogen) atoms. The molecule has 6 heteroatoms. The van der Waals surface area contributed by atoms with Crippen LogP contribution in [-0.4, -0.2) is 26.7 Å². The minimum absolute atomic E-state index is 0.135. The van der Waals surface area contributed by atoms with E-state index in [0.717, 1.165) is 22.4 Å². The van der Waals surface area contributed by atoms with E-state index in [0.29, 0.717) is 5.56 Å². The molecule has 0 radical (unpaired) electrons. The SMILES string of the molecule is CCc1ccc(/C(O)=C2/C(=O)C(=O)N(Cc3ccncc3)C2c2cccs2)cc1. The Hall–Kier alpha value is -3.25. The predicted octanol–water partition coefficient (Wildman–Crippen LogP) is 4.33. The number of aliphatic hydroxyl groups excluding tert-OH is 1. The van der Waals surface area contributed by atoms with Crippen LogP contribution >= 0.6 is 11.3 Å². The molecular weight excluding hydrogens is 384 g/mol. The first kappa shape index (κ1) is 19.1. The number of hydrogen-bond donors (Lipinski definition) is 1. The molecule has 1 N–H and O–H groups in total. The van der Waals surface area contributed by atoms with E-state index in [1.165, 1.54) is 16.2 Å². The maximum absolute atomic E-state index is 12.9. The summed E-state index contributed by atoms with van der Waals surface area (Å²) >= 11 is 1.46. The van der Waals surface area contributed by atoms with E-state index in [1.807, 2.05) is 41.8 Å². The number of aromatic nitrogens is 1. The minimum atomic E-state index is -0.658. The van der Waals surface area contributed by atoms with Crippen molar-refractivity contribution < 1.29 is 14.7 Å². The molecule has 0 saturated carbocycles. The van der Waals surface area contributed by atoms with Gasteiger partial charge in [0, 0.05) is 29.4 Å². The third-order valence-corrected chi connectivity index (χ3v) is 6.02. The van der Waals surface area contributed by atoms with Crippen molar-refractivity contribution in [3.63, 3.8) is 0 Å². The fraction of sp³-hybridized carbons (Fsp3) is 0.174. The number of likely N-dealkylation sites (tertiary alicyclic amines) is 1. The van der Waals surface area contributed by atoms with Crippen molar-refractivity contribution in [3.05, 3.63) is 93.4 Å². The van der Waals surface area contributed by atoms with E-state index in [-0.39, 0.29) is 17.9 Å². The topological polar surface area (TPSA) is 70.5 Å². The first-order valence-electron chi connectivity index (χ1n) is 9.40. The highest BCUT2D eigenvalue weighted by atomic mass is 32.1. The van der Waals surface area contributed by atoms with Crippen molar-refractivity contribution in [2.24, 2.45) is 0 Å². The van der Waals surface area contributed by atoms with Crippen molar-refractivity contribution in [1.82, 2.24) is 9.88 Å². The van der Waals surface area contributed by atoms with Crippen LogP contribution in [0.5, 0.6) is 0 Å². The van der Waals surface area contributed by atoms with Crippen LogP contribution in [0.4, 0.5) is 0 Å². The lowest BCUT2D eigenvalue weighted by atomic mass is 9.99. The summed E-state index contributed by atoms with van der Waals surface area (Å²) < 4.78 is 0. The van der Waals surface area contributed by atoms with Gasteiger partial charge in [-0.3, -0.25) is 14.6 Å². The summed E-state index contributed by atoms with van der Waals surface area (Å²) in [6, 6.07) is 14.2. The molecule has 1 saturated heterocycles. The number of hydrogen-bond acceptors (Lipinski definition) is 5. The van der Waals surface area contributed by atoms with E-state index in [9.17, 15) is 14.7 Å². The Bertz CT molecular complexity index is 1060. The van der Waals surface area contributed by atoms with Gasteiger partial charge >= 0.3 is 0 Å². The standard InChI is InChI=1S/C23H20N2O3S/c1-2-15-5-7-17(8-6-15)21(26)19-20(18-4-3-13-29-18)25(23(28)22(19)27)14-16-9-11-24-12-10-16/h3-13,20,26H,2,14H2,1H3/b21-19-. The van der Waals surface area contributed by atoms with E-state index >= 15 is 0 Å². The van der Waals surface area contributed by atoms with Crippen LogP contribution in [0.15, 0.2) is 71.9 Å². The lowest BCUT2D eigenvalue weighted by Gasteiger charge is -2.24. The molecule has 3 heterocycles. The number of nitrogens with zero attached hydrogens (tertiary/aromatic N) is 2. The van der Waals surface area contributed by atoms with Crippen LogP contribution in [0, 0.1) is 0 Å². The number of Topliss-reactive ketones (excluding diaryl/α,β-unsaturated/α-hetero) is 1. The van der Waals surface area contributed by atoms with E-state index in [1.54, 1.807) is 24.5 Å². The molecule has 146 valence electrons. The molecule has 0 bridgehead atoms. The Morgan fingerprint density at radius 1 is 1.07 bits per heavy atom. The number of carbonyl (C=O) groups is 2. The summed E-state index contributed by atoms with van der Waals surface area (Å²) in [5.41, 5.74) is 2.67. The summed E-state index contributed by atoms with van der Waals surface area (Å²) in [4.78, 5) is 32.2. The van der Waals surface area contributed by atoms with Crippen LogP contribution < -0.4 is 0 Å². The molecule has 5 nitrogen and oxygen atoms in total. The average molecular weight is 404 g/mol. The fourth-order valence-corrected chi connectivity index (χ4v) is 4.37. The number of rotatable bonds is 5. The first-order chi connectivity index (χ1) is 14.1. The van der Waals surface area contributed by atoms with E-state index in [4.69, 9.17) is 0 Å². The second-order valence-corrected chi connectivity index (χ2v) is 7.83. The fourth-order valence-electron chi connectivity index (χ4n) is 3.52. The van der Waals surface area contributed by atoms with Crippen LogP contribution in [-0.2, 0) is 22.6 Å². The molecule has 0 spiro atoms. The number of benzene rings is 1. The third-order valence-electron chi connectivity index (χ3n) is 5.09. The number of ketones is 1. The van der Waals surface area contributed by atoms with Crippen LogP contribution in [0.3, 0.4) is 0 Å². The summed E-state index contributed by atoms with van der Waals surface area (Å²) in [5.74, 6) is -1.40. The van der Waals surface area contributed by atoms with Crippen molar-refractivity contribution >= 4 is 28.8 Å². The number of carbonyl (C=O) groups excluding carboxylic acids is 2. The quantitative estimate of drug-likeness (QED) is 0.390. The second-order valence-electron chi connectivity index (χ2n) is 6.85. The molecule has 1 atom stereocenters. The molecule has 0 aliphatic carbocycles. The van der Waals surface area contributed by atoms with Crippen LogP contribution in [0.25, 0.3) is 5.76 Å². The van der Waals surface area contributed by atoms with Crippen molar-refractivity contribution in [3.8, 4) is 0 Å². The molecule has 2 aromatic heterocycles. The van der Waals surface area contributed by atoms with E-state index < -0.39 is 17.7 Å². The van der Waals surface area contributed by atoms with Crippen LogP contribution in [0.1, 0.15) is 34.5 Å². The third kappa shape index (κ3) is 3.59. The van der Waals surface area contributed by atoms with Gasteiger partial charge in [-0.2, -0.15) is 0 Å². The summed E-state index contributed by atoms with van der Waals surface area (Å²) in [6.45, 7) is 2.32. The van der Waals surface area contributed by atoms with Crippen molar-refractivity contribution in [1.29, 1.82) is 0 Å². The summed E-state index contributed by atoms with van der Waals surface area (Å²) in [5, 5.41) is 12.9. The zero-order valence-corrected chi connectivity index (χ0v) is 16.7. The highest BCUT2D eigenvalue weighted by Crippen LogP contribution is 2.41. The van der Waals surface area contributed by atoms with Gasteiger partial charge in [0.2, 0.25) is 0 Å². The lowest BCUT2D eigenvalue weighted by Crippen LogP contribution is -2.28. The molecule has 1 amide bonds. The van der Waals surface area contributed by atoms with E-state index in [2.05, 4.69) is 11.9 Å². The molecule has 4 rings (SSSR count). The number of amides is 1. The molecule has 1 aromatic carbocycles. The Morgan fingerprint density at radius 2 is 1.79 bits per heavy atom. The molecular formula is C23H20N2O3S. The second kappa shape index (κ2) is 8.01. The number of thiophene rings is 1. The highest BCUT2D eigenvalue weighted by Gasteiger charge is 2.46. The Balaban J connectivity index is 1.81. The largest absolute Gasteiger partial charge is 0.507 e. The maximum Gasteiger partial charge on any atom is 0.295 e. The monoisotopic (exact) mass is 404 g/mol. The van der Waals surface area contributed by atoms with Crippen molar-refractivity contribution in [2.75, 3.05) is 0 Å². The lowest BCUT2D eigenvalue weighted by molar-refractivity contribution is -0.140. The highest BCUT2D eigenvalue weighted by molar-refractivity contribution is 7.10. The normalized spacial score (nSPS) is 18.4. The Kier molecular flexibility index (Phi) is 5.27. The van der Waals surface area contributed by atoms with Gasteiger partial charge in [-0.15, -0.1) is 11.3 Å². The van der Waals surface area contributed by atoms with Crippen molar-refractivity contribution in [2.45, 2.75) is 25.9 Å². The van der Waals surface area contributed by atoms with Gasteiger partial charge in [0.1, 0.15) is 5.76 Å². The average Bonchev–Trinajstić information content (AvgIpc) is 3.37. The minimum Gasteiger partial charge on any atom is -0.507 e. The smallest absolute Gasteiger partial charge is 0.295 e. The van der Waals surface area contributed by atoms with Gasteiger partial charge < -0.3 is 10.0 Å². The number of aryl methyl sites for hydroxylation is 1. The van der Waals surface area contributed by atoms with Gasteiger partial charge in [0.05, 0.1) is 11.6 Å². The first-order valence-corrected chi connectivity index (χ1v) is 10.3. The molecule has 3 aromatic rings. The summed E-state index contributed by atoms with van der Waals surface area (Å²) in [7, 11) is 0. The number of pyridine rings is 1.